The molecule has 0 aliphatic carbocycles. The number of halogens is 2. The van der Waals surface area contributed by atoms with E-state index in [1.165, 1.54) is 11.7 Å². The number of nitrogens with two attached hydrogens (primary N) is 1. The van der Waals surface area contributed by atoms with E-state index < -0.39 is 12.2 Å². The number of imidazole rings is 1. The molecule has 2 N–H and O–H groups in total. The van der Waals surface area contributed by atoms with E-state index in [1.54, 1.807) is 42.5 Å². The zero-order chi connectivity index (χ0) is 22.9. The number of alkyl halides is 2. The Bertz CT molecular complexity index is 1290. The summed E-state index contributed by atoms with van der Waals surface area (Å²) in [5, 5.41) is 0. The van der Waals surface area contributed by atoms with Crippen molar-refractivity contribution in [2.24, 2.45) is 0 Å². The van der Waals surface area contributed by atoms with Gasteiger partial charge in [-0.3, -0.25) is 4.57 Å². The molecule has 2 aromatic heterocycles. The van der Waals surface area contributed by atoms with E-state index in [4.69, 9.17) is 15.2 Å². The first-order valence-corrected chi connectivity index (χ1v) is 10.3. The largest absolute Gasteiger partial charge is 0.494 e. The van der Waals surface area contributed by atoms with Crippen LogP contribution < -0.4 is 15.4 Å². The molecule has 0 atom stereocenters. The summed E-state index contributed by atoms with van der Waals surface area (Å²) in [7, 11) is 1.47. The van der Waals surface area contributed by atoms with Crippen LogP contribution in [0.2, 0.25) is 0 Å². The number of hydrogen-bond donors (Lipinski definition) is 1. The highest BCUT2D eigenvalue weighted by Crippen LogP contribution is 2.32. The van der Waals surface area contributed by atoms with Gasteiger partial charge in [-0.15, -0.1) is 0 Å². The second-order valence-electron chi connectivity index (χ2n) is 7.41. The number of benzene rings is 2. The molecule has 1 fully saturated rings. The number of nitrogens with zero attached hydrogens (tertiary/aromatic N) is 6. The van der Waals surface area contributed by atoms with Gasteiger partial charge < -0.3 is 20.1 Å². The lowest BCUT2D eigenvalue weighted by molar-refractivity contribution is 0.122. The van der Waals surface area contributed by atoms with E-state index in [1.807, 2.05) is 4.90 Å². The van der Waals surface area contributed by atoms with Crippen molar-refractivity contribution >= 4 is 22.7 Å². The fraction of sp³-hybridized carbons (Fsp3) is 0.273. The van der Waals surface area contributed by atoms with Gasteiger partial charge >= 0.3 is 0 Å². The second-order valence-corrected chi connectivity index (χ2v) is 7.41. The number of anilines is 2. The van der Waals surface area contributed by atoms with Crippen LogP contribution in [0.5, 0.6) is 5.75 Å². The van der Waals surface area contributed by atoms with Gasteiger partial charge in [0.2, 0.25) is 11.9 Å². The normalized spacial score (nSPS) is 14.2. The van der Waals surface area contributed by atoms with Crippen molar-refractivity contribution in [3.8, 4) is 23.1 Å². The Kier molecular flexibility index (Phi) is 5.47. The van der Waals surface area contributed by atoms with Crippen LogP contribution in [0.4, 0.5) is 20.4 Å². The van der Waals surface area contributed by atoms with Crippen LogP contribution in [0.3, 0.4) is 0 Å². The van der Waals surface area contributed by atoms with Crippen LogP contribution in [0, 0.1) is 0 Å². The molecule has 1 saturated heterocycles. The lowest BCUT2D eigenvalue weighted by Gasteiger charge is -2.27. The lowest BCUT2D eigenvalue weighted by atomic mass is 10.2. The van der Waals surface area contributed by atoms with Crippen LogP contribution in [-0.2, 0) is 4.74 Å². The number of para-hydroxylation sites is 1. The van der Waals surface area contributed by atoms with E-state index in [2.05, 4.69) is 19.9 Å². The van der Waals surface area contributed by atoms with Gasteiger partial charge in [0, 0.05) is 24.3 Å². The number of nitrogen functional groups attached to an aromatic ring is 1. The smallest absolute Gasteiger partial charge is 0.296 e. The molecule has 170 valence electrons. The van der Waals surface area contributed by atoms with Gasteiger partial charge in [0.1, 0.15) is 11.3 Å². The first-order valence-electron chi connectivity index (χ1n) is 10.3. The number of aromatic nitrogens is 5. The molecule has 0 bridgehead atoms. The molecule has 33 heavy (non-hydrogen) atoms. The van der Waals surface area contributed by atoms with E-state index in [9.17, 15) is 8.78 Å². The maximum atomic E-state index is 14.1. The Morgan fingerprint density at radius 2 is 1.70 bits per heavy atom. The highest BCUT2D eigenvalue weighted by molar-refractivity contribution is 5.84. The molecule has 9 nitrogen and oxygen atoms in total. The third-order valence-corrected chi connectivity index (χ3v) is 5.36. The van der Waals surface area contributed by atoms with Gasteiger partial charge in [-0.25, -0.2) is 13.8 Å². The van der Waals surface area contributed by atoms with Crippen LogP contribution in [0.25, 0.3) is 28.4 Å². The summed E-state index contributed by atoms with van der Waals surface area (Å²) in [5.74, 6) is 0.669. The molecule has 5 rings (SSSR count). The van der Waals surface area contributed by atoms with Crippen molar-refractivity contribution in [2.75, 3.05) is 44.0 Å². The molecule has 1 aliphatic rings. The minimum atomic E-state index is -2.86. The molecule has 0 unspecified atom stereocenters. The maximum Gasteiger partial charge on any atom is 0.296 e. The highest BCUT2D eigenvalue weighted by atomic mass is 19.3. The average molecular weight is 453 g/mol. The van der Waals surface area contributed by atoms with Crippen LogP contribution in [0.15, 0.2) is 42.5 Å². The average Bonchev–Trinajstić information content (AvgIpc) is 3.25. The lowest BCUT2D eigenvalue weighted by Crippen LogP contribution is -2.37. The van der Waals surface area contributed by atoms with Crippen molar-refractivity contribution < 1.29 is 18.3 Å². The Hall–Kier alpha value is -3.86. The van der Waals surface area contributed by atoms with E-state index in [-0.39, 0.29) is 5.95 Å². The Balaban J connectivity index is 1.75. The molecular weight excluding hydrogens is 432 g/mol. The van der Waals surface area contributed by atoms with Crippen molar-refractivity contribution in [3.63, 3.8) is 0 Å². The molecule has 0 amide bonds. The molecule has 3 heterocycles. The number of fused-ring (bicyclic) bond motifs is 1. The van der Waals surface area contributed by atoms with E-state index in [0.717, 1.165) is 0 Å². The number of rotatable bonds is 5. The van der Waals surface area contributed by atoms with Gasteiger partial charge in [-0.1, -0.05) is 6.07 Å². The predicted octanol–water partition coefficient (Wildman–Crippen LogP) is 3.24. The maximum absolute atomic E-state index is 14.1. The number of ether oxygens (including phenoxy) is 2. The van der Waals surface area contributed by atoms with Gasteiger partial charge in [0.05, 0.1) is 25.8 Å². The fourth-order valence-corrected chi connectivity index (χ4v) is 3.73. The van der Waals surface area contributed by atoms with Gasteiger partial charge in [-0.2, -0.15) is 15.0 Å². The summed E-state index contributed by atoms with van der Waals surface area (Å²) in [6, 6.07) is 12.1. The zero-order valence-corrected chi connectivity index (χ0v) is 17.8. The van der Waals surface area contributed by atoms with Gasteiger partial charge in [0.15, 0.2) is 11.6 Å². The van der Waals surface area contributed by atoms with Crippen LogP contribution in [0.1, 0.15) is 12.2 Å². The SMILES string of the molecule is COc1cccc2c1nc(C(F)F)n2-c1nc(-c2ccc(N)cc2)nc(N2CCOCC2)n1. The van der Waals surface area contributed by atoms with Crippen LogP contribution >= 0.6 is 0 Å². The number of hydrogen-bond acceptors (Lipinski definition) is 8. The van der Waals surface area contributed by atoms with Crippen molar-refractivity contribution in [1.82, 2.24) is 24.5 Å². The molecule has 1 aliphatic heterocycles. The monoisotopic (exact) mass is 453 g/mol. The Labute approximate surface area is 187 Å². The summed E-state index contributed by atoms with van der Waals surface area (Å²) >= 11 is 0. The number of morpholine rings is 1. The Morgan fingerprint density at radius 1 is 0.970 bits per heavy atom. The topological polar surface area (TPSA) is 104 Å². The Morgan fingerprint density at radius 3 is 2.39 bits per heavy atom. The third-order valence-electron chi connectivity index (χ3n) is 5.36. The molecular formula is C22H21F2N7O2. The number of methoxy groups -OCH3 is 1. The first kappa shape index (κ1) is 21.0. The summed E-state index contributed by atoms with van der Waals surface area (Å²) in [6.07, 6.45) is -2.86. The standard InChI is InChI=1S/C22H21F2N7O2/c1-32-16-4-2-3-15-17(16)26-20(18(23)24)31(15)22-28-19(13-5-7-14(25)8-6-13)27-21(29-22)30-9-11-33-12-10-30/h2-8,18H,9-12,25H2,1H3. The van der Waals surface area contributed by atoms with E-state index in [0.29, 0.717) is 66.1 Å². The first-order chi connectivity index (χ1) is 16.0. The minimum Gasteiger partial charge on any atom is -0.494 e. The highest BCUT2D eigenvalue weighted by Gasteiger charge is 2.26. The van der Waals surface area contributed by atoms with Gasteiger partial charge in [-0.05, 0) is 36.4 Å². The van der Waals surface area contributed by atoms with E-state index >= 15 is 0 Å². The summed E-state index contributed by atoms with van der Waals surface area (Å²) in [4.78, 5) is 19.8. The van der Waals surface area contributed by atoms with Gasteiger partial charge in [0.25, 0.3) is 6.43 Å². The summed E-state index contributed by atoms with van der Waals surface area (Å²) < 4.78 is 40.2. The minimum absolute atomic E-state index is 0.0457. The molecule has 0 spiro atoms. The van der Waals surface area contributed by atoms with Crippen molar-refractivity contribution in [3.05, 3.63) is 48.3 Å². The molecule has 11 heteroatoms. The third kappa shape index (κ3) is 3.91. The molecule has 0 radical (unpaired) electrons. The zero-order valence-electron chi connectivity index (χ0n) is 17.8. The van der Waals surface area contributed by atoms with Crippen molar-refractivity contribution in [1.29, 1.82) is 0 Å². The van der Waals surface area contributed by atoms with Crippen molar-refractivity contribution in [2.45, 2.75) is 6.43 Å². The molecule has 2 aromatic carbocycles. The molecule has 0 saturated carbocycles. The molecule has 4 aromatic rings. The summed E-state index contributed by atoms with van der Waals surface area (Å²) in [5.41, 5.74) is 7.81. The second kappa shape index (κ2) is 8.58. The summed E-state index contributed by atoms with van der Waals surface area (Å²) in [6.45, 7) is 2.19. The fourth-order valence-electron chi connectivity index (χ4n) is 3.73. The predicted molar refractivity (Wildman–Crippen MR) is 119 cm³/mol. The quantitative estimate of drug-likeness (QED) is 0.460. The van der Waals surface area contributed by atoms with Crippen LogP contribution in [-0.4, -0.2) is 57.9 Å².